The molecule has 0 aromatic carbocycles. The van der Waals surface area contributed by atoms with Crippen LogP contribution in [0, 0.1) is 0 Å². The smallest absolute Gasteiger partial charge is 0.132 e. The van der Waals surface area contributed by atoms with Crippen molar-refractivity contribution in [2.75, 3.05) is 26.0 Å². The highest BCUT2D eigenvalue weighted by Gasteiger charge is 2.15. The van der Waals surface area contributed by atoms with Gasteiger partial charge in [-0.15, -0.1) is 0 Å². The second-order valence-corrected chi connectivity index (χ2v) is 4.46. The van der Waals surface area contributed by atoms with E-state index in [9.17, 15) is 0 Å². The zero-order chi connectivity index (χ0) is 12.3. The summed E-state index contributed by atoms with van der Waals surface area (Å²) in [5.41, 5.74) is 8.14. The van der Waals surface area contributed by atoms with Crippen LogP contribution in [0.15, 0.2) is 0 Å². The number of nitrogens with one attached hydrogen (secondary N) is 1. The summed E-state index contributed by atoms with van der Waals surface area (Å²) >= 11 is 0. The summed E-state index contributed by atoms with van der Waals surface area (Å²) in [6, 6.07) is 0.356. The molecule has 0 saturated heterocycles. The number of fused-ring (bicyclic) bond motifs is 1. The maximum absolute atomic E-state index is 6.00. The lowest BCUT2D eigenvalue weighted by molar-refractivity contribution is 0.146. The second-order valence-electron chi connectivity index (χ2n) is 4.46. The molecule has 0 amide bonds. The van der Waals surface area contributed by atoms with Gasteiger partial charge in [0.05, 0.1) is 18.9 Å². The Morgan fingerprint density at radius 1 is 1.35 bits per heavy atom. The average Bonchev–Trinajstić information content (AvgIpc) is 2.54. The van der Waals surface area contributed by atoms with Crippen molar-refractivity contribution in [3.63, 3.8) is 0 Å². The zero-order valence-electron chi connectivity index (χ0n) is 10.5. The van der Waals surface area contributed by atoms with Crippen LogP contribution in [0.3, 0.4) is 0 Å². The molecule has 1 unspecified atom stereocenters. The summed E-state index contributed by atoms with van der Waals surface area (Å²) in [6.45, 7) is 3.55. The summed E-state index contributed by atoms with van der Waals surface area (Å²) in [6.07, 6.45) is 2.46. The normalized spacial score (nSPS) is 17.3. The van der Waals surface area contributed by atoms with Crippen LogP contribution in [0.25, 0.3) is 0 Å². The molecule has 0 radical (unpaired) electrons. The second kappa shape index (κ2) is 5.42. The first kappa shape index (κ1) is 12.3. The van der Waals surface area contributed by atoms with Gasteiger partial charge >= 0.3 is 0 Å². The minimum atomic E-state index is 0.356. The van der Waals surface area contributed by atoms with Gasteiger partial charge in [-0.2, -0.15) is 0 Å². The fourth-order valence-electron chi connectivity index (χ4n) is 1.99. The molecule has 0 bridgehead atoms. The van der Waals surface area contributed by atoms with E-state index in [1.165, 1.54) is 0 Å². The number of hydrogen-bond donors (Lipinski definition) is 2. The van der Waals surface area contributed by atoms with E-state index in [4.69, 9.17) is 10.5 Å². The number of nitrogen functional groups attached to an aromatic ring is 1. The molecule has 0 fully saturated rings. The molecule has 2 rings (SSSR count). The standard InChI is InChI=1S/C12H20N4O/c1-8(14-2)7-11-15-10-4-6-17-5-3-9(10)12(13)16-11/h8,14H,3-7H2,1-2H3,(H2,13,15,16). The first-order valence-corrected chi connectivity index (χ1v) is 6.10. The lowest BCUT2D eigenvalue weighted by Crippen LogP contribution is -2.25. The summed E-state index contributed by atoms with van der Waals surface area (Å²) in [4.78, 5) is 9.00. The SMILES string of the molecule is CNC(C)Cc1nc(N)c2c(n1)CCOCC2. The van der Waals surface area contributed by atoms with Crippen LogP contribution < -0.4 is 11.1 Å². The van der Waals surface area contributed by atoms with E-state index in [0.717, 1.165) is 43.0 Å². The van der Waals surface area contributed by atoms with Crippen LogP contribution in [0.5, 0.6) is 0 Å². The van der Waals surface area contributed by atoms with Crippen LogP contribution in [0.2, 0.25) is 0 Å². The number of likely N-dealkylation sites (N-methyl/N-ethyl adjacent to an activating group) is 1. The lowest BCUT2D eigenvalue weighted by atomic mass is 10.1. The topological polar surface area (TPSA) is 73.1 Å². The number of rotatable bonds is 3. The third-order valence-electron chi connectivity index (χ3n) is 3.13. The lowest BCUT2D eigenvalue weighted by Gasteiger charge is -2.12. The molecule has 1 atom stereocenters. The molecule has 1 aliphatic heterocycles. The minimum Gasteiger partial charge on any atom is -0.383 e. The maximum atomic E-state index is 6.00. The molecule has 0 spiro atoms. The predicted octanol–water partition coefficient (Wildman–Crippen LogP) is 0.324. The quantitative estimate of drug-likeness (QED) is 0.791. The van der Waals surface area contributed by atoms with E-state index in [1.54, 1.807) is 0 Å². The molecule has 3 N–H and O–H groups in total. The maximum Gasteiger partial charge on any atom is 0.132 e. The summed E-state index contributed by atoms with van der Waals surface area (Å²) in [5, 5.41) is 3.18. The summed E-state index contributed by atoms with van der Waals surface area (Å²) in [7, 11) is 1.94. The molecular formula is C12H20N4O. The van der Waals surface area contributed by atoms with Gasteiger partial charge in [-0.3, -0.25) is 0 Å². The Balaban J connectivity index is 2.25. The van der Waals surface area contributed by atoms with E-state index in [1.807, 2.05) is 7.05 Å². The Morgan fingerprint density at radius 3 is 2.88 bits per heavy atom. The van der Waals surface area contributed by atoms with Crippen LogP contribution in [-0.4, -0.2) is 36.3 Å². The Kier molecular flexibility index (Phi) is 3.91. The van der Waals surface area contributed by atoms with E-state index in [0.29, 0.717) is 18.5 Å². The molecule has 0 saturated carbocycles. The molecule has 1 aliphatic rings. The third-order valence-corrected chi connectivity index (χ3v) is 3.13. The Labute approximate surface area is 102 Å². The van der Waals surface area contributed by atoms with Crippen LogP contribution in [0.4, 0.5) is 5.82 Å². The van der Waals surface area contributed by atoms with Crippen molar-refractivity contribution in [3.05, 3.63) is 17.1 Å². The van der Waals surface area contributed by atoms with E-state index >= 15 is 0 Å². The predicted molar refractivity (Wildman–Crippen MR) is 66.9 cm³/mol. The van der Waals surface area contributed by atoms with Crippen molar-refractivity contribution in [1.82, 2.24) is 15.3 Å². The molecule has 1 aromatic rings. The highest BCUT2D eigenvalue weighted by atomic mass is 16.5. The van der Waals surface area contributed by atoms with E-state index in [2.05, 4.69) is 22.2 Å². The Hall–Kier alpha value is -1.20. The number of anilines is 1. The van der Waals surface area contributed by atoms with Gasteiger partial charge in [0.1, 0.15) is 11.6 Å². The number of nitrogens with zero attached hydrogens (tertiary/aromatic N) is 2. The molecule has 5 nitrogen and oxygen atoms in total. The van der Waals surface area contributed by atoms with Crippen molar-refractivity contribution in [2.24, 2.45) is 0 Å². The third kappa shape index (κ3) is 2.92. The highest BCUT2D eigenvalue weighted by Crippen LogP contribution is 2.18. The highest BCUT2D eigenvalue weighted by molar-refractivity contribution is 5.43. The number of nitrogens with two attached hydrogens (primary N) is 1. The average molecular weight is 236 g/mol. The van der Waals surface area contributed by atoms with Gasteiger partial charge in [0.25, 0.3) is 0 Å². The van der Waals surface area contributed by atoms with E-state index in [-0.39, 0.29) is 0 Å². The summed E-state index contributed by atoms with van der Waals surface area (Å²) < 4.78 is 5.44. The van der Waals surface area contributed by atoms with Crippen molar-refractivity contribution >= 4 is 5.82 Å². The van der Waals surface area contributed by atoms with Crippen LogP contribution >= 0.6 is 0 Å². The molecular weight excluding hydrogens is 216 g/mol. The minimum absolute atomic E-state index is 0.356. The van der Waals surface area contributed by atoms with Gasteiger partial charge in [0.15, 0.2) is 0 Å². The van der Waals surface area contributed by atoms with Crippen molar-refractivity contribution in [3.8, 4) is 0 Å². The first-order chi connectivity index (χ1) is 8.20. The zero-order valence-corrected chi connectivity index (χ0v) is 10.5. The van der Waals surface area contributed by atoms with E-state index < -0.39 is 0 Å². The fraction of sp³-hybridized carbons (Fsp3) is 0.667. The fourth-order valence-corrected chi connectivity index (χ4v) is 1.99. The Bertz CT molecular complexity index is 394. The van der Waals surface area contributed by atoms with Gasteiger partial charge in [0.2, 0.25) is 0 Å². The molecule has 1 aromatic heterocycles. The van der Waals surface area contributed by atoms with Gasteiger partial charge in [0, 0.05) is 30.9 Å². The molecule has 2 heterocycles. The van der Waals surface area contributed by atoms with Gasteiger partial charge in [-0.25, -0.2) is 9.97 Å². The monoisotopic (exact) mass is 236 g/mol. The van der Waals surface area contributed by atoms with Gasteiger partial charge < -0.3 is 15.8 Å². The molecule has 17 heavy (non-hydrogen) atoms. The van der Waals surface area contributed by atoms with Gasteiger partial charge in [-0.1, -0.05) is 0 Å². The molecule has 0 aliphatic carbocycles. The largest absolute Gasteiger partial charge is 0.383 e. The van der Waals surface area contributed by atoms with Crippen LogP contribution in [0.1, 0.15) is 24.0 Å². The molecule has 94 valence electrons. The number of aromatic nitrogens is 2. The molecule has 5 heteroatoms. The first-order valence-electron chi connectivity index (χ1n) is 6.10. The van der Waals surface area contributed by atoms with Gasteiger partial charge in [-0.05, 0) is 14.0 Å². The van der Waals surface area contributed by atoms with Crippen molar-refractivity contribution in [2.45, 2.75) is 32.2 Å². The number of ether oxygens (including phenoxy) is 1. The van der Waals surface area contributed by atoms with Crippen LogP contribution in [-0.2, 0) is 24.0 Å². The summed E-state index contributed by atoms with van der Waals surface area (Å²) in [5.74, 6) is 1.45. The van der Waals surface area contributed by atoms with Crippen molar-refractivity contribution in [1.29, 1.82) is 0 Å². The van der Waals surface area contributed by atoms with Crippen molar-refractivity contribution < 1.29 is 4.74 Å². The number of hydrogen-bond acceptors (Lipinski definition) is 5. The Morgan fingerprint density at radius 2 is 2.12 bits per heavy atom.